The van der Waals surface area contributed by atoms with Crippen LogP contribution in [0.1, 0.15) is 39.5 Å². The van der Waals surface area contributed by atoms with E-state index in [4.69, 9.17) is 0 Å². The largest absolute Gasteiger partial charge is 0.341 e. The molecule has 2 atom stereocenters. The van der Waals surface area contributed by atoms with Crippen molar-refractivity contribution >= 4 is 11.8 Å². The van der Waals surface area contributed by atoms with Crippen molar-refractivity contribution in [2.75, 3.05) is 14.1 Å². The minimum Gasteiger partial charge on any atom is -0.341 e. The molecule has 1 saturated carbocycles. The van der Waals surface area contributed by atoms with E-state index >= 15 is 0 Å². The Morgan fingerprint density at radius 3 is 1.44 bits per heavy atom. The van der Waals surface area contributed by atoms with E-state index in [1.54, 1.807) is 23.6 Å². The van der Waals surface area contributed by atoms with Crippen molar-refractivity contribution in [1.29, 1.82) is 0 Å². The summed E-state index contributed by atoms with van der Waals surface area (Å²) in [5.74, 6) is 0.155. The van der Waals surface area contributed by atoms with Crippen molar-refractivity contribution in [3.05, 3.63) is 0 Å². The molecule has 0 unspecified atom stereocenters. The highest BCUT2D eigenvalue weighted by Gasteiger charge is 2.33. The molecule has 0 N–H and O–H groups in total. The van der Waals surface area contributed by atoms with Crippen molar-refractivity contribution in [1.82, 2.24) is 9.80 Å². The fraction of sp³-hybridized carbons (Fsp3) is 0.833. The normalized spacial score (nSPS) is 25.0. The molecule has 0 radical (unpaired) electrons. The maximum atomic E-state index is 11.4. The topological polar surface area (TPSA) is 40.6 Å². The zero-order valence-electron chi connectivity index (χ0n) is 10.7. The van der Waals surface area contributed by atoms with E-state index in [2.05, 4.69) is 0 Å². The van der Waals surface area contributed by atoms with E-state index in [0.717, 1.165) is 25.7 Å². The molecule has 0 aromatic rings. The molecule has 1 rings (SSSR count). The fourth-order valence-corrected chi connectivity index (χ4v) is 2.46. The third kappa shape index (κ3) is 2.74. The third-order valence-corrected chi connectivity index (χ3v) is 3.68. The maximum absolute atomic E-state index is 11.4. The van der Waals surface area contributed by atoms with E-state index < -0.39 is 0 Å². The number of nitrogens with zero attached hydrogens (tertiary/aromatic N) is 2. The summed E-state index contributed by atoms with van der Waals surface area (Å²) in [6, 6.07) is 0.361. The Labute approximate surface area is 97.6 Å². The standard InChI is InChI=1S/C12H22N2O2/c1-9(15)13(3)11-7-5-6-8-12(11)14(4)10(2)16/h11-12H,5-8H2,1-4H3/t11-,12-/m0/s1. The summed E-state index contributed by atoms with van der Waals surface area (Å²) in [4.78, 5) is 26.4. The number of hydrogen-bond donors (Lipinski definition) is 0. The lowest BCUT2D eigenvalue weighted by atomic mass is 9.88. The Hall–Kier alpha value is -1.06. The summed E-state index contributed by atoms with van der Waals surface area (Å²) in [5, 5.41) is 0. The summed E-state index contributed by atoms with van der Waals surface area (Å²) >= 11 is 0. The van der Waals surface area contributed by atoms with Crippen LogP contribution in [0.5, 0.6) is 0 Å². The molecule has 0 aliphatic heterocycles. The molecule has 92 valence electrons. The van der Waals surface area contributed by atoms with Crippen LogP contribution in [0.4, 0.5) is 0 Å². The Kier molecular flexibility index (Phi) is 4.33. The number of carbonyl (C=O) groups excluding carboxylic acids is 2. The first kappa shape index (κ1) is 13.0. The van der Waals surface area contributed by atoms with Gasteiger partial charge in [-0.05, 0) is 12.8 Å². The Morgan fingerprint density at radius 1 is 0.875 bits per heavy atom. The average molecular weight is 226 g/mol. The average Bonchev–Trinajstić information content (AvgIpc) is 2.26. The molecule has 0 saturated heterocycles. The Bertz CT molecular complexity index is 250. The van der Waals surface area contributed by atoms with Gasteiger partial charge in [0.15, 0.2) is 0 Å². The third-order valence-electron chi connectivity index (χ3n) is 3.68. The number of carbonyl (C=O) groups is 2. The summed E-state index contributed by atoms with van der Waals surface area (Å²) in [7, 11) is 3.67. The second kappa shape index (κ2) is 5.32. The summed E-state index contributed by atoms with van der Waals surface area (Å²) in [5.41, 5.74) is 0. The van der Waals surface area contributed by atoms with Crippen molar-refractivity contribution in [2.24, 2.45) is 0 Å². The minimum absolute atomic E-state index is 0.0776. The number of rotatable bonds is 2. The van der Waals surface area contributed by atoms with Crippen LogP contribution in [-0.2, 0) is 9.59 Å². The van der Waals surface area contributed by atoms with Gasteiger partial charge >= 0.3 is 0 Å². The van der Waals surface area contributed by atoms with Crippen LogP contribution >= 0.6 is 0 Å². The first-order chi connectivity index (χ1) is 7.45. The highest BCUT2D eigenvalue weighted by Crippen LogP contribution is 2.26. The lowest BCUT2D eigenvalue weighted by Crippen LogP contribution is -2.53. The van der Waals surface area contributed by atoms with Crippen LogP contribution in [-0.4, -0.2) is 47.8 Å². The Morgan fingerprint density at radius 2 is 1.19 bits per heavy atom. The van der Waals surface area contributed by atoms with Crippen molar-refractivity contribution in [3.63, 3.8) is 0 Å². The van der Waals surface area contributed by atoms with Gasteiger partial charge in [-0.3, -0.25) is 9.59 Å². The van der Waals surface area contributed by atoms with Crippen molar-refractivity contribution < 1.29 is 9.59 Å². The quantitative estimate of drug-likeness (QED) is 0.711. The van der Waals surface area contributed by atoms with Gasteiger partial charge in [0.1, 0.15) is 0 Å². The molecular formula is C12H22N2O2. The first-order valence-corrected chi connectivity index (χ1v) is 5.92. The lowest BCUT2D eigenvalue weighted by molar-refractivity contribution is -0.137. The van der Waals surface area contributed by atoms with Gasteiger partial charge in [0.05, 0.1) is 12.1 Å². The SMILES string of the molecule is CC(=O)N(C)[C@H]1CCCC[C@@H]1N(C)C(C)=O. The maximum Gasteiger partial charge on any atom is 0.219 e. The number of likely N-dealkylation sites (N-methyl/N-ethyl adjacent to an activating group) is 2. The van der Waals surface area contributed by atoms with Gasteiger partial charge in [0.2, 0.25) is 11.8 Å². The van der Waals surface area contributed by atoms with E-state index in [1.807, 2.05) is 14.1 Å². The molecule has 16 heavy (non-hydrogen) atoms. The predicted molar refractivity (Wildman–Crippen MR) is 62.9 cm³/mol. The first-order valence-electron chi connectivity index (χ1n) is 5.92. The zero-order valence-corrected chi connectivity index (χ0v) is 10.7. The van der Waals surface area contributed by atoms with Gasteiger partial charge in [-0.25, -0.2) is 0 Å². The van der Waals surface area contributed by atoms with Crippen LogP contribution in [0.3, 0.4) is 0 Å². The van der Waals surface area contributed by atoms with Gasteiger partial charge < -0.3 is 9.80 Å². The minimum atomic E-state index is 0.0776. The van der Waals surface area contributed by atoms with Gasteiger partial charge in [0, 0.05) is 27.9 Å². The molecule has 1 aliphatic carbocycles. The number of amides is 2. The summed E-state index contributed by atoms with van der Waals surface area (Å²) < 4.78 is 0. The van der Waals surface area contributed by atoms with Crippen molar-refractivity contribution in [2.45, 2.75) is 51.6 Å². The molecule has 4 nitrogen and oxygen atoms in total. The van der Waals surface area contributed by atoms with E-state index in [1.165, 1.54) is 0 Å². The molecule has 1 aliphatic rings. The molecular weight excluding hydrogens is 204 g/mol. The summed E-state index contributed by atoms with van der Waals surface area (Å²) in [6.07, 6.45) is 4.28. The monoisotopic (exact) mass is 226 g/mol. The molecule has 0 bridgehead atoms. The fourth-order valence-electron chi connectivity index (χ4n) is 2.46. The smallest absolute Gasteiger partial charge is 0.219 e. The lowest BCUT2D eigenvalue weighted by Gasteiger charge is -2.41. The van der Waals surface area contributed by atoms with Crippen molar-refractivity contribution in [3.8, 4) is 0 Å². The van der Waals surface area contributed by atoms with Gasteiger partial charge in [0.25, 0.3) is 0 Å². The Balaban J connectivity index is 2.78. The molecule has 0 heterocycles. The van der Waals surface area contributed by atoms with E-state index in [9.17, 15) is 9.59 Å². The van der Waals surface area contributed by atoms with Gasteiger partial charge in [-0.15, -0.1) is 0 Å². The van der Waals surface area contributed by atoms with E-state index in [-0.39, 0.29) is 23.9 Å². The zero-order chi connectivity index (χ0) is 12.3. The highest BCUT2D eigenvalue weighted by atomic mass is 16.2. The van der Waals surface area contributed by atoms with Crippen LogP contribution in [0.2, 0.25) is 0 Å². The van der Waals surface area contributed by atoms with E-state index in [0.29, 0.717) is 0 Å². The second-order valence-corrected chi connectivity index (χ2v) is 4.68. The van der Waals surface area contributed by atoms with Crippen LogP contribution in [0, 0.1) is 0 Å². The molecule has 0 aromatic heterocycles. The van der Waals surface area contributed by atoms with Crippen LogP contribution < -0.4 is 0 Å². The molecule has 1 fully saturated rings. The second-order valence-electron chi connectivity index (χ2n) is 4.68. The predicted octanol–water partition coefficient (Wildman–Crippen LogP) is 1.25. The highest BCUT2D eigenvalue weighted by molar-refractivity contribution is 5.75. The molecule has 4 heteroatoms. The van der Waals surface area contributed by atoms with Gasteiger partial charge in [-0.2, -0.15) is 0 Å². The van der Waals surface area contributed by atoms with Crippen LogP contribution in [0.25, 0.3) is 0 Å². The molecule has 2 amide bonds. The number of hydrogen-bond acceptors (Lipinski definition) is 2. The van der Waals surface area contributed by atoms with Gasteiger partial charge in [-0.1, -0.05) is 12.8 Å². The summed E-state index contributed by atoms with van der Waals surface area (Å²) in [6.45, 7) is 3.17. The molecule has 0 spiro atoms. The van der Waals surface area contributed by atoms with Crippen LogP contribution in [0.15, 0.2) is 0 Å². The molecule has 0 aromatic carbocycles.